The van der Waals surface area contributed by atoms with Crippen LogP contribution in [0.2, 0.25) is 5.02 Å². The van der Waals surface area contributed by atoms with Crippen LogP contribution in [0.4, 0.5) is 5.69 Å². The van der Waals surface area contributed by atoms with Crippen LogP contribution in [0.25, 0.3) is 4.85 Å². The van der Waals surface area contributed by atoms with E-state index < -0.39 is 0 Å². The van der Waals surface area contributed by atoms with Gasteiger partial charge in [-0.15, -0.1) is 0 Å². The van der Waals surface area contributed by atoms with Crippen LogP contribution in [0.15, 0.2) is 18.2 Å². The lowest BCUT2D eigenvalue weighted by Crippen LogP contribution is -1.81. The second kappa shape index (κ2) is 3.27. The molecular weight excluding hydrogens is 162 g/mol. The minimum absolute atomic E-state index is 0.444. The second-order valence-corrected chi connectivity index (χ2v) is 2.36. The molecule has 56 valence electrons. The van der Waals surface area contributed by atoms with Gasteiger partial charge in [-0.25, -0.2) is 4.85 Å². The van der Waals surface area contributed by atoms with Gasteiger partial charge in [-0.3, -0.25) is 0 Å². The molecule has 0 saturated carbocycles. The first-order chi connectivity index (χ1) is 5.27. The minimum atomic E-state index is 0.444. The predicted molar refractivity (Wildman–Crippen MR) is 44.3 cm³/mol. The number of hydrogen-bond donors (Lipinski definition) is 0. The molecule has 3 heteroatoms. The zero-order valence-corrected chi connectivity index (χ0v) is 6.72. The van der Waals surface area contributed by atoms with Gasteiger partial charge in [0.15, 0.2) is 0 Å². The Morgan fingerprint density at radius 1 is 1.55 bits per heavy atom. The monoisotopic (exact) mass is 167 g/mol. The highest BCUT2D eigenvalue weighted by molar-refractivity contribution is 6.30. The molecule has 0 spiro atoms. The van der Waals surface area contributed by atoms with Crippen LogP contribution in [0.3, 0.4) is 0 Å². The van der Waals surface area contributed by atoms with Crippen LogP contribution < -0.4 is 4.74 Å². The van der Waals surface area contributed by atoms with E-state index in [1.165, 1.54) is 7.11 Å². The third-order valence-electron chi connectivity index (χ3n) is 1.26. The van der Waals surface area contributed by atoms with Crippen LogP contribution in [-0.4, -0.2) is 7.11 Å². The molecule has 0 unspecified atom stereocenters. The van der Waals surface area contributed by atoms with E-state index in [1.807, 2.05) is 0 Å². The number of benzene rings is 1. The fourth-order valence-electron chi connectivity index (χ4n) is 0.751. The molecule has 2 nitrogen and oxygen atoms in total. The maximum absolute atomic E-state index is 6.77. The second-order valence-electron chi connectivity index (χ2n) is 1.93. The molecule has 11 heavy (non-hydrogen) atoms. The van der Waals surface area contributed by atoms with Crippen LogP contribution >= 0.6 is 11.6 Å². The molecule has 0 saturated heterocycles. The van der Waals surface area contributed by atoms with E-state index in [2.05, 4.69) is 4.85 Å². The van der Waals surface area contributed by atoms with Crippen molar-refractivity contribution in [2.24, 2.45) is 0 Å². The summed E-state index contributed by atoms with van der Waals surface area (Å²) < 4.78 is 4.92. The molecule has 1 aromatic carbocycles. The Balaban J connectivity index is 3.19. The summed E-state index contributed by atoms with van der Waals surface area (Å²) in [5, 5.41) is 0.553. The molecule has 0 atom stereocenters. The van der Waals surface area contributed by atoms with E-state index in [0.717, 1.165) is 0 Å². The quantitative estimate of drug-likeness (QED) is 0.587. The van der Waals surface area contributed by atoms with E-state index in [1.54, 1.807) is 18.2 Å². The number of hydrogen-bond acceptors (Lipinski definition) is 1. The van der Waals surface area contributed by atoms with Gasteiger partial charge in [0.25, 0.3) is 0 Å². The summed E-state index contributed by atoms with van der Waals surface area (Å²) in [4.78, 5) is 3.24. The molecular formula is C8H6ClNO. The van der Waals surface area contributed by atoms with Crippen molar-refractivity contribution in [1.82, 2.24) is 0 Å². The number of halogens is 1. The predicted octanol–water partition coefficient (Wildman–Crippen LogP) is 2.90. The maximum Gasteiger partial charge on any atom is 0.229 e. The maximum atomic E-state index is 6.77. The summed E-state index contributed by atoms with van der Waals surface area (Å²) in [7, 11) is 1.53. The summed E-state index contributed by atoms with van der Waals surface area (Å²) in [5.41, 5.74) is 0.444. The molecule has 0 aliphatic rings. The Kier molecular flexibility index (Phi) is 2.35. The Bertz CT molecular complexity index is 303. The number of nitrogens with zero attached hydrogens (tertiary/aromatic N) is 1. The van der Waals surface area contributed by atoms with Crippen LogP contribution in [0.5, 0.6) is 5.75 Å². The van der Waals surface area contributed by atoms with Gasteiger partial charge in [-0.2, -0.15) is 0 Å². The van der Waals surface area contributed by atoms with Crippen molar-refractivity contribution in [3.63, 3.8) is 0 Å². The first-order valence-electron chi connectivity index (χ1n) is 2.99. The zero-order valence-electron chi connectivity index (χ0n) is 5.97. The molecule has 1 rings (SSSR count). The SMILES string of the molecule is [C-]#[N+]c1cc(Cl)ccc1OC. The molecule has 1 aromatic rings. The average Bonchev–Trinajstić information content (AvgIpc) is 2.04. The fourth-order valence-corrected chi connectivity index (χ4v) is 0.917. The normalized spacial score (nSPS) is 8.82. The van der Waals surface area contributed by atoms with Crippen molar-refractivity contribution in [3.8, 4) is 5.75 Å². The van der Waals surface area contributed by atoms with Gasteiger partial charge >= 0.3 is 0 Å². The van der Waals surface area contributed by atoms with Crippen molar-refractivity contribution < 1.29 is 4.74 Å². The van der Waals surface area contributed by atoms with Gasteiger partial charge in [0.05, 0.1) is 13.7 Å². The molecule has 0 aromatic heterocycles. The van der Waals surface area contributed by atoms with E-state index in [-0.39, 0.29) is 0 Å². The molecule has 0 fully saturated rings. The highest BCUT2D eigenvalue weighted by Crippen LogP contribution is 2.29. The van der Waals surface area contributed by atoms with Gasteiger partial charge in [0.1, 0.15) is 5.75 Å². The minimum Gasteiger partial charge on any atom is -0.508 e. The zero-order chi connectivity index (χ0) is 8.27. The van der Waals surface area contributed by atoms with E-state index in [0.29, 0.717) is 16.5 Å². The number of ether oxygens (including phenoxy) is 1. The smallest absolute Gasteiger partial charge is 0.229 e. The van der Waals surface area contributed by atoms with E-state index in [4.69, 9.17) is 22.9 Å². The van der Waals surface area contributed by atoms with E-state index >= 15 is 0 Å². The van der Waals surface area contributed by atoms with Gasteiger partial charge in [-0.05, 0) is 18.2 Å². The molecule has 0 amide bonds. The average molecular weight is 168 g/mol. The van der Waals surface area contributed by atoms with Crippen molar-refractivity contribution in [2.45, 2.75) is 0 Å². The summed E-state index contributed by atoms with van der Waals surface area (Å²) in [6, 6.07) is 4.94. The first kappa shape index (κ1) is 7.90. The van der Waals surface area contributed by atoms with Gasteiger partial charge in [-0.1, -0.05) is 11.6 Å². The van der Waals surface area contributed by atoms with Crippen LogP contribution in [0.1, 0.15) is 0 Å². The fraction of sp³-hybridized carbons (Fsp3) is 0.125. The molecule has 0 aliphatic carbocycles. The summed E-state index contributed by atoms with van der Waals surface area (Å²) in [5.74, 6) is 0.560. The topological polar surface area (TPSA) is 13.6 Å². The van der Waals surface area contributed by atoms with Crippen molar-refractivity contribution in [3.05, 3.63) is 34.6 Å². The first-order valence-corrected chi connectivity index (χ1v) is 3.36. The summed E-state index contributed by atoms with van der Waals surface area (Å²) in [6.07, 6.45) is 0. The Labute approximate surface area is 70.2 Å². The largest absolute Gasteiger partial charge is 0.508 e. The Morgan fingerprint density at radius 3 is 2.82 bits per heavy atom. The summed E-state index contributed by atoms with van der Waals surface area (Å²) in [6.45, 7) is 6.77. The Morgan fingerprint density at radius 2 is 2.27 bits per heavy atom. The third-order valence-corrected chi connectivity index (χ3v) is 1.50. The van der Waals surface area contributed by atoms with Crippen molar-refractivity contribution in [1.29, 1.82) is 0 Å². The third kappa shape index (κ3) is 1.63. The van der Waals surface area contributed by atoms with Gasteiger partial charge in [0.2, 0.25) is 5.69 Å². The van der Waals surface area contributed by atoms with Gasteiger partial charge < -0.3 is 4.74 Å². The van der Waals surface area contributed by atoms with Crippen LogP contribution in [0, 0.1) is 6.57 Å². The van der Waals surface area contributed by atoms with Crippen molar-refractivity contribution >= 4 is 17.3 Å². The highest BCUT2D eigenvalue weighted by atomic mass is 35.5. The van der Waals surface area contributed by atoms with Crippen molar-refractivity contribution in [2.75, 3.05) is 7.11 Å². The molecule has 0 bridgehead atoms. The molecule has 0 heterocycles. The van der Waals surface area contributed by atoms with E-state index in [9.17, 15) is 0 Å². The van der Waals surface area contributed by atoms with Gasteiger partial charge in [0, 0.05) is 5.02 Å². The lowest BCUT2D eigenvalue weighted by atomic mass is 10.3. The standard InChI is InChI=1S/C8H6ClNO/c1-10-7-5-6(9)3-4-8(7)11-2/h3-5H,2H3. The molecule has 0 aliphatic heterocycles. The Hall–Kier alpha value is -1.20. The molecule has 0 radical (unpaired) electrons. The lowest BCUT2D eigenvalue weighted by molar-refractivity contribution is 0.417. The lowest BCUT2D eigenvalue weighted by Gasteiger charge is -2.00. The van der Waals surface area contributed by atoms with Crippen LogP contribution in [-0.2, 0) is 0 Å². The summed E-state index contributed by atoms with van der Waals surface area (Å²) >= 11 is 5.65. The molecule has 0 N–H and O–H groups in total. The number of rotatable bonds is 1. The highest BCUT2D eigenvalue weighted by Gasteiger charge is 2.01. The number of methoxy groups -OCH3 is 1.